The number of carbonyl (C=O) groups is 1. The molecule has 0 aliphatic carbocycles. The number of hydrazine groups is 1. The van der Waals surface area contributed by atoms with Gasteiger partial charge in [-0.05, 0) is 31.0 Å². The number of anilines is 1. The maximum atomic E-state index is 12.9. The van der Waals surface area contributed by atoms with E-state index in [1.54, 1.807) is 0 Å². The minimum Gasteiger partial charge on any atom is -0.367 e. The van der Waals surface area contributed by atoms with Crippen molar-refractivity contribution < 1.29 is 4.79 Å². The maximum Gasteiger partial charge on any atom is 0.241 e. The average Bonchev–Trinajstić information content (AvgIpc) is 3.19. The van der Waals surface area contributed by atoms with Crippen molar-refractivity contribution in [1.29, 1.82) is 0 Å². The lowest BCUT2D eigenvalue weighted by Gasteiger charge is -2.37. The Morgan fingerprint density at radius 1 is 1.00 bits per heavy atom. The Balaban J connectivity index is 1.33. The van der Waals surface area contributed by atoms with E-state index in [-0.39, 0.29) is 18.0 Å². The van der Waals surface area contributed by atoms with Crippen LogP contribution in [-0.2, 0) is 4.79 Å². The van der Waals surface area contributed by atoms with Gasteiger partial charge in [-0.3, -0.25) is 4.79 Å². The fourth-order valence-electron chi connectivity index (χ4n) is 3.83. The van der Waals surface area contributed by atoms with E-state index in [1.807, 2.05) is 29.2 Å². The van der Waals surface area contributed by atoms with Crippen LogP contribution in [0.15, 0.2) is 48.5 Å². The number of hydrogen-bond donors (Lipinski definition) is 2. The zero-order chi connectivity index (χ0) is 18.8. The average molecular weight is 385 g/mol. The van der Waals surface area contributed by atoms with Gasteiger partial charge in [-0.15, -0.1) is 0 Å². The van der Waals surface area contributed by atoms with Crippen molar-refractivity contribution in [1.82, 2.24) is 15.8 Å². The third-order valence-corrected chi connectivity index (χ3v) is 5.79. The first-order chi connectivity index (χ1) is 13.1. The standard InChI is InChI=1S/C21H25ClN4O/c1-15-6-8-16(9-7-15)18-14-19(24-23-18)21(27)26-12-10-25(11-13-26)20-5-3-2-4-17(20)22/h2-9,18-19,23-24H,10-14H2,1H3. The first kappa shape index (κ1) is 18.3. The first-order valence-corrected chi connectivity index (χ1v) is 9.85. The van der Waals surface area contributed by atoms with E-state index in [9.17, 15) is 4.79 Å². The van der Waals surface area contributed by atoms with Crippen molar-refractivity contribution >= 4 is 23.2 Å². The number of para-hydroxylation sites is 1. The Kier molecular flexibility index (Phi) is 5.34. The highest BCUT2D eigenvalue weighted by Crippen LogP contribution is 2.27. The number of hydrogen-bond acceptors (Lipinski definition) is 4. The van der Waals surface area contributed by atoms with E-state index in [0.29, 0.717) is 0 Å². The van der Waals surface area contributed by atoms with E-state index in [1.165, 1.54) is 11.1 Å². The summed E-state index contributed by atoms with van der Waals surface area (Å²) in [5.41, 5.74) is 9.98. The smallest absolute Gasteiger partial charge is 0.241 e. The third kappa shape index (κ3) is 3.95. The van der Waals surface area contributed by atoms with Crippen LogP contribution in [0.5, 0.6) is 0 Å². The van der Waals surface area contributed by atoms with Crippen LogP contribution >= 0.6 is 11.6 Å². The fourth-order valence-corrected chi connectivity index (χ4v) is 4.09. The van der Waals surface area contributed by atoms with Gasteiger partial charge in [0.15, 0.2) is 0 Å². The van der Waals surface area contributed by atoms with E-state index >= 15 is 0 Å². The molecule has 2 aromatic carbocycles. The second kappa shape index (κ2) is 7.89. The number of benzene rings is 2. The number of carbonyl (C=O) groups excluding carboxylic acids is 1. The van der Waals surface area contributed by atoms with Crippen LogP contribution in [0.2, 0.25) is 5.02 Å². The molecule has 2 heterocycles. The zero-order valence-electron chi connectivity index (χ0n) is 15.5. The number of amides is 1. The third-order valence-electron chi connectivity index (χ3n) is 5.47. The number of nitrogens with one attached hydrogen (secondary N) is 2. The van der Waals surface area contributed by atoms with Crippen LogP contribution in [-0.4, -0.2) is 43.0 Å². The summed E-state index contributed by atoms with van der Waals surface area (Å²) in [7, 11) is 0. The van der Waals surface area contributed by atoms with Crippen LogP contribution in [0, 0.1) is 6.92 Å². The highest BCUT2D eigenvalue weighted by Gasteiger charge is 2.34. The number of rotatable bonds is 3. The Labute approximate surface area is 165 Å². The van der Waals surface area contributed by atoms with E-state index in [2.05, 4.69) is 46.9 Å². The Morgan fingerprint density at radius 3 is 2.41 bits per heavy atom. The van der Waals surface area contributed by atoms with Gasteiger partial charge in [0.05, 0.1) is 10.7 Å². The molecule has 0 aromatic heterocycles. The largest absolute Gasteiger partial charge is 0.367 e. The minimum absolute atomic E-state index is 0.170. The Bertz CT molecular complexity index is 802. The van der Waals surface area contributed by atoms with Crippen LogP contribution in [0.25, 0.3) is 0 Å². The predicted molar refractivity (Wildman–Crippen MR) is 109 cm³/mol. The molecular weight excluding hydrogens is 360 g/mol. The molecule has 142 valence electrons. The SMILES string of the molecule is Cc1ccc(C2CC(C(=O)N3CCN(c4ccccc4Cl)CC3)NN2)cc1. The molecule has 2 fully saturated rings. The molecule has 4 rings (SSSR count). The second-order valence-electron chi connectivity index (χ2n) is 7.30. The van der Waals surface area contributed by atoms with Crippen LogP contribution in [0.3, 0.4) is 0 Å². The van der Waals surface area contributed by atoms with Crippen molar-refractivity contribution in [2.75, 3.05) is 31.1 Å². The number of nitrogens with zero attached hydrogens (tertiary/aromatic N) is 2. The number of piperazine rings is 1. The molecule has 0 spiro atoms. The summed E-state index contributed by atoms with van der Waals surface area (Å²) < 4.78 is 0. The topological polar surface area (TPSA) is 47.6 Å². The first-order valence-electron chi connectivity index (χ1n) is 9.48. The molecule has 0 radical (unpaired) electrons. The molecule has 2 saturated heterocycles. The fraction of sp³-hybridized carbons (Fsp3) is 0.381. The van der Waals surface area contributed by atoms with Gasteiger partial charge in [0, 0.05) is 32.2 Å². The molecule has 6 heteroatoms. The summed E-state index contributed by atoms with van der Waals surface area (Å²) in [5.74, 6) is 0.177. The Hall–Kier alpha value is -2.08. The van der Waals surface area contributed by atoms with Gasteiger partial charge in [-0.1, -0.05) is 53.6 Å². The summed E-state index contributed by atoms with van der Waals surface area (Å²) in [6.45, 7) is 5.13. The summed E-state index contributed by atoms with van der Waals surface area (Å²) in [6.07, 6.45) is 0.770. The summed E-state index contributed by atoms with van der Waals surface area (Å²) in [5, 5.41) is 0.764. The second-order valence-corrected chi connectivity index (χ2v) is 7.71. The number of halogens is 1. The van der Waals surface area contributed by atoms with Gasteiger partial charge >= 0.3 is 0 Å². The highest BCUT2D eigenvalue weighted by molar-refractivity contribution is 6.33. The van der Waals surface area contributed by atoms with Crippen molar-refractivity contribution in [3.63, 3.8) is 0 Å². The molecule has 2 aromatic rings. The van der Waals surface area contributed by atoms with Crippen molar-refractivity contribution in [3.05, 3.63) is 64.7 Å². The molecule has 0 bridgehead atoms. The normalized spacial score (nSPS) is 22.9. The van der Waals surface area contributed by atoms with E-state index in [0.717, 1.165) is 43.3 Å². The lowest BCUT2D eigenvalue weighted by Crippen LogP contribution is -2.53. The summed E-state index contributed by atoms with van der Waals surface area (Å²) in [4.78, 5) is 17.1. The lowest BCUT2D eigenvalue weighted by molar-refractivity contribution is -0.133. The molecule has 1 amide bonds. The maximum absolute atomic E-state index is 12.9. The van der Waals surface area contributed by atoms with Gasteiger partial charge in [0.25, 0.3) is 0 Å². The molecular formula is C21H25ClN4O. The molecule has 2 aliphatic rings. The molecule has 2 unspecified atom stereocenters. The van der Waals surface area contributed by atoms with Gasteiger partial charge in [-0.25, -0.2) is 10.9 Å². The zero-order valence-corrected chi connectivity index (χ0v) is 16.2. The molecule has 2 aliphatic heterocycles. The Morgan fingerprint density at radius 2 is 1.70 bits per heavy atom. The van der Waals surface area contributed by atoms with E-state index < -0.39 is 0 Å². The van der Waals surface area contributed by atoms with Gasteiger partial charge in [0.1, 0.15) is 6.04 Å². The van der Waals surface area contributed by atoms with Crippen molar-refractivity contribution in [2.45, 2.75) is 25.4 Å². The monoisotopic (exact) mass is 384 g/mol. The van der Waals surface area contributed by atoms with Crippen LogP contribution in [0.4, 0.5) is 5.69 Å². The highest BCUT2D eigenvalue weighted by atomic mass is 35.5. The molecule has 2 atom stereocenters. The molecule has 5 nitrogen and oxygen atoms in total. The van der Waals surface area contributed by atoms with Crippen molar-refractivity contribution in [3.8, 4) is 0 Å². The van der Waals surface area contributed by atoms with Crippen molar-refractivity contribution in [2.24, 2.45) is 0 Å². The number of aryl methyl sites for hydroxylation is 1. The molecule has 0 saturated carbocycles. The van der Waals surface area contributed by atoms with Crippen LogP contribution < -0.4 is 15.8 Å². The van der Waals surface area contributed by atoms with Gasteiger partial charge in [-0.2, -0.15) is 0 Å². The summed E-state index contributed by atoms with van der Waals surface area (Å²) in [6, 6.07) is 16.4. The van der Waals surface area contributed by atoms with Crippen LogP contribution in [0.1, 0.15) is 23.6 Å². The predicted octanol–water partition coefficient (Wildman–Crippen LogP) is 2.90. The molecule has 2 N–H and O–H groups in total. The molecule has 27 heavy (non-hydrogen) atoms. The van der Waals surface area contributed by atoms with Gasteiger partial charge < -0.3 is 9.80 Å². The quantitative estimate of drug-likeness (QED) is 0.854. The lowest BCUT2D eigenvalue weighted by atomic mass is 10.0. The van der Waals surface area contributed by atoms with Gasteiger partial charge in [0.2, 0.25) is 5.91 Å². The minimum atomic E-state index is -0.178. The van der Waals surface area contributed by atoms with E-state index in [4.69, 9.17) is 11.6 Å². The summed E-state index contributed by atoms with van der Waals surface area (Å²) >= 11 is 6.30.